The Hall–Kier alpha value is -1.17. The number of nitro groups is 1. The highest BCUT2D eigenvalue weighted by Crippen LogP contribution is 2.32. The fourth-order valence-corrected chi connectivity index (χ4v) is 2.71. The van der Waals surface area contributed by atoms with Crippen LogP contribution in [0.25, 0.3) is 0 Å². The molecule has 2 rings (SSSR count). The quantitative estimate of drug-likeness (QED) is 0.680. The summed E-state index contributed by atoms with van der Waals surface area (Å²) in [4.78, 5) is 14.5. The summed E-state index contributed by atoms with van der Waals surface area (Å²) in [5, 5.41) is 14.2. The highest BCUT2D eigenvalue weighted by Gasteiger charge is 2.20. The summed E-state index contributed by atoms with van der Waals surface area (Å²) in [7, 11) is 0. The number of aromatic nitrogens is 1. The average Bonchev–Trinajstić information content (AvgIpc) is 2.36. The molecule has 1 heterocycles. The fraction of sp³-hybridized carbons (Fsp3) is 0.583. The minimum absolute atomic E-state index is 0.0519. The molecule has 1 aromatic heterocycles. The smallest absolute Gasteiger partial charge is 0.291 e. The van der Waals surface area contributed by atoms with Crippen LogP contribution in [0.15, 0.2) is 10.7 Å². The van der Waals surface area contributed by atoms with E-state index in [9.17, 15) is 10.1 Å². The number of halogens is 1. The van der Waals surface area contributed by atoms with E-state index in [-0.39, 0.29) is 5.69 Å². The maximum atomic E-state index is 10.8. The van der Waals surface area contributed by atoms with Crippen LogP contribution in [0.2, 0.25) is 0 Å². The molecule has 5 nitrogen and oxygen atoms in total. The molecule has 1 saturated carbocycles. The van der Waals surface area contributed by atoms with Gasteiger partial charge in [-0.05, 0) is 35.7 Å². The molecule has 0 aliphatic heterocycles. The topological polar surface area (TPSA) is 68.1 Å². The van der Waals surface area contributed by atoms with Crippen molar-refractivity contribution in [3.63, 3.8) is 0 Å². The summed E-state index contributed by atoms with van der Waals surface area (Å²) in [5.41, 5.74) is 0.671. The van der Waals surface area contributed by atoms with Crippen LogP contribution in [0.3, 0.4) is 0 Å². The van der Waals surface area contributed by atoms with Crippen molar-refractivity contribution in [2.75, 3.05) is 5.32 Å². The average molecular weight is 314 g/mol. The van der Waals surface area contributed by atoms with Gasteiger partial charge in [0.05, 0.1) is 9.40 Å². The van der Waals surface area contributed by atoms with Crippen molar-refractivity contribution in [3.8, 4) is 0 Å². The summed E-state index contributed by atoms with van der Waals surface area (Å²) in [6.45, 7) is 1.73. The fourth-order valence-electron chi connectivity index (χ4n) is 2.29. The van der Waals surface area contributed by atoms with Gasteiger partial charge in [0.15, 0.2) is 0 Å². The SMILES string of the molecule is Cc1c([N+](=O)[O-])cnc(NC2CCCCC2)c1Br. The Morgan fingerprint density at radius 1 is 1.44 bits per heavy atom. The maximum absolute atomic E-state index is 10.8. The molecule has 0 amide bonds. The number of anilines is 1. The van der Waals surface area contributed by atoms with Crippen LogP contribution in [0.4, 0.5) is 11.5 Å². The first-order valence-electron chi connectivity index (χ1n) is 6.15. The number of nitrogens with one attached hydrogen (secondary N) is 1. The van der Waals surface area contributed by atoms with Gasteiger partial charge >= 0.3 is 0 Å². The zero-order valence-corrected chi connectivity index (χ0v) is 11.9. The van der Waals surface area contributed by atoms with Gasteiger partial charge in [0, 0.05) is 11.6 Å². The Balaban J connectivity index is 2.18. The van der Waals surface area contributed by atoms with Crippen molar-refractivity contribution < 1.29 is 4.92 Å². The number of nitrogens with zero attached hydrogens (tertiary/aromatic N) is 2. The van der Waals surface area contributed by atoms with Gasteiger partial charge in [0.25, 0.3) is 5.69 Å². The van der Waals surface area contributed by atoms with Crippen LogP contribution in [-0.2, 0) is 0 Å². The maximum Gasteiger partial charge on any atom is 0.291 e. The molecule has 1 aromatic rings. The number of hydrogen-bond donors (Lipinski definition) is 1. The van der Waals surface area contributed by atoms with Crippen molar-refractivity contribution in [1.29, 1.82) is 0 Å². The lowest BCUT2D eigenvalue weighted by Gasteiger charge is -2.24. The normalized spacial score (nSPS) is 16.6. The summed E-state index contributed by atoms with van der Waals surface area (Å²) >= 11 is 3.40. The third kappa shape index (κ3) is 2.80. The van der Waals surface area contributed by atoms with E-state index in [1.54, 1.807) is 6.92 Å². The zero-order valence-electron chi connectivity index (χ0n) is 10.3. The van der Waals surface area contributed by atoms with Crippen LogP contribution in [0.1, 0.15) is 37.7 Å². The molecule has 0 saturated heterocycles. The lowest BCUT2D eigenvalue weighted by molar-refractivity contribution is -0.385. The third-order valence-electron chi connectivity index (χ3n) is 3.38. The van der Waals surface area contributed by atoms with Crippen molar-refractivity contribution >= 4 is 27.4 Å². The van der Waals surface area contributed by atoms with Gasteiger partial charge in [-0.2, -0.15) is 0 Å². The van der Waals surface area contributed by atoms with E-state index < -0.39 is 4.92 Å². The molecule has 6 heteroatoms. The lowest BCUT2D eigenvalue weighted by Crippen LogP contribution is -2.23. The molecule has 18 heavy (non-hydrogen) atoms. The van der Waals surface area contributed by atoms with Gasteiger partial charge in [0.1, 0.15) is 12.0 Å². The van der Waals surface area contributed by atoms with Gasteiger partial charge < -0.3 is 5.32 Å². The molecule has 0 bridgehead atoms. The van der Waals surface area contributed by atoms with Crippen molar-refractivity contribution in [2.24, 2.45) is 0 Å². The van der Waals surface area contributed by atoms with E-state index in [0.29, 0.717) is 21.9 Å². The van der Waals surface area contributed by atoms with E-state index >= 15 is 0 Å². The largest absolute Gasteiger partial charge is 0.366 e. The first kappa shape index (κ1) is 13.3. The minimum Gasteiger partial charge on any atom is -0.366 e. The predicted octanol–water partition coefficient (Wildman–Crippen LogP) is 3.81. The summed E-state index contributed by atoms with van der Waals surface area (Å²) in [6, 6.07) is 0.434. The lowest BCUT2D eigenvalue weighted by atomic mass is 9.95. The molecule has 1 N–H and O–H groups in total. The van der Waals surface area contributed by atoms with Crippen LogP contribution in [-0.4, -0.2) is 15.9 Å². The molecule has 0 atom stereocenters. The van der Waals surface area contributed by atoms with Crippen LogP contribution in [0.5, 0.6) is 0 Å². The third-order valence-corrected chi connectivity index (χ3v) is 4.35. The Morgan fingerprint density at radius 2 is 2.11 bits per heavy atom. The van der Waals surface area contributed by atoms with Crippen molar-refractivity contribution in [2.45, 2.75) is 45.1 Å². The monoisotopic (exact) mass is 313 g/mol. The Kier molecular flexibility index (Phi) is 4.16. The van der Waals surface area contributed by atoms with Gasteiger partial charge in [-0.3, -0.25) is 10.1 Å². The molecule has 0 spiro atoms. The first-order chi connectivity index (χ1) is 8.59. The van der Waals surface area contributed by atoms with E-state index in [1.807, 2.05) is 0 Å². The second-order valence-corrected chi connectivity index (χ2v) is 5.46. The van der Waals surface area contributed by atoms with Gasteiger partial charge in [-0.25, -0.2) is 4.98 Å². The highest BCUT2D eigenvalue weighted by atomic mass is 79.9. The summed E-state index contributed by atoms with van der Waals surface area (Å²) in [5.74, 6) is 0.713. The molecule has 98 valence electrons. The van der Waals surface area contributed by atoms with Gasteiger partial charge in [0.2, 0.25) is 0 Å². The summed E-state index contributed by atoms with van der Waals surface area (Å²) < 4.78 is 0.697. The highest BCUT2D eigenvalue weighted by molar-refractivity contribution is 9.10. The molecule has 0 unspecified atom stereocenters. The van der Waals surface area contributed by atoms with Crippen LogP contribution in [0, 0.1) is 17.0 Å². The van der Waals surface area contributed by atoms with Gasteiger partial charge in [-0.1, -0.05) is 19.3 Å². The minimum atomic E-state index is -0.405. The molecule has 1 fully saturated rings. The molecule has 0 radical (unpaired) electrons. The van der Waals surface area contributed by atoms with E-state index in [2.05, 4.69) is 26.2 Å². The van der Waals surface area contributed by atoms with Crippen LogP contribution >= 0.6 is 15.9 Å². The second-order valence-electron chi connectivity index (χ2n) is 4.67. The molecular formula is C12H16BrN3O2. The Labute approximate surface area is 114 Å². The zero-order chi connectivity index (χ0) is 13.1. The van der Waals surface area contributed by atoms with Gasteiger partial charge in [-0.15, -0.1) is 0 Å². The van der Waals surface area contributed by atoms with E-state index in [1.165, 1.54) is 25.5 Å². The summed E-state index contributed by atoms with van der Waals surface area (Å²) in [6.07, 6.45) is 7.38. The number of pyridine rings is 1. The molecule has 0 aromatic carbocycles. The molecule has 1 aliphatic rings. The number of rotatable bonds is 3. The first-order valence-corrected chi connectivity index (χ1v) is 6.95. The van der Waals surface area contributed by atoms with Crippen LogP contribution < -0.4 is 5.32 Å². The standard InChI is InChI=1S/C12H16BrN3O2/c1-8-10(16(17)18)7-14-12(11(8)13)15-9-5-3-2-4-6-9/h7,9H,2-6H2,1H3,(H,14,15). The van der Waals surface area contributed by atoms with E-state index in [0.717, 1.165) is 12.8 Å². The number of hydrogen-bond acceptors (Lipinski definition) is 4. The van der Waals surface area contributed by atoms with Crippen molar-refractivity contribution in [3.05, 3.63) is 26.3 Å². The molecule has 1 aliphatic carbocycles. The second kappa shape index (κ2) is 5.65. The molecular weight excluding hydrogens is 298 g/mol. The Morgan fingerprint density at radius 3 is 2.72 bits per heavy atom. The Bertz CT molecular complexity index is 459. The van der Waals surface area contributed by atoms with Crippen molar-refractivity contribution in [1.82, 2.24) is 4.98 Å². The van der Waals surface area contributed by atoms with E-state index in [4.69, 9.17) is 0 Å². The predicted molar refractivity (Wildman–Crippen MR) is 73.8 cm³/mol.